The number of aromatic nitrogens is 3. The molecule has 0 unspecified atom stereocenters. The molecule has 3 rings (SSSR count). The number of nitrogens with zero attached hydrogens (tertiary/aromatic N) is 4. The van der Waals surface area contributed by atoms with Crippen molar-refractivity contribution in [2.45, 2.75) is 26.1 Å². The Kier molecular flexibility index (Phi) is 7.23. The Labute approximate surface area is 173 Å². The van der Waals surface area contributed by atoms with Crippen molar-refractivity contribution in [2.24, 2.45) is 0 Å². The molecule has 0 aliphatic carbocycles. The number of anilines is 1. The highest BCUT2D eigenvalue weighted by Gasteiger charge is 2.19. The summed E-state index contributed by atoms with van der Waals surface area (Å²) < 4.78 is 47.6. The van der Waals surface area contributed by atoms with Crippen LogP contribution in [-0.2, 0) is 17.8 Å². The van der Waals surface area contributed by atoms with Crippen LogP contribution >= 0.6 is 0 Å². The fourth-order valence-electron chi connectivity index (χ4n) is 3.09. The molecule has 162 valence electrons. The third-order valence-electron chi connectivity index (χ3n) is 4.41. The summed E-state index contributed by atoms with van der Waals surface area (Å²) in [6, 6.07) is 8.51. The molecule has 0 N–H and O–H groups in total. The topological polar surface area (TPSA) is 74.8 Å². The predicted octanol–water partition coefficient (Wildman–Crippen LogP) is 3.82. The fourth-order valence-corrected chi connectivity index (χ4v) is 3.09. The van der Waals surface area contributed by atoms with E-state index in [1.165, 1.54) is 13.2 Å². The van der Waals surface area contributed by atoms with Crippen LogP contribution in [0.25, 0.3) is 11.6 Å². The summed E-state index contributed by atoms with van der Waals surface area (Å²) in [5.41, 5.74) is 0.750. The van der Waals surface area contributed by atoms with Crippen LogP contribution in [0.4, 0.5) is 14.7 Å². The largest absolute Gasteiger partial charge is 0.493 e. The number of rotatable bonds is 11. The van der Waals surface area contributed by atoms with Gasteiger partial charge in [-0.2, -0.15) is 8.78 Å². The standard InChI is InChI=1S/C20H24F2N4O4/c1-25(13-14-7-8-15(28-3)17(12-14)30-19(21)22)20-24-23-18(16-6-4-11-29-16)26(20)9-5-10-27-2/h4,6-8,11-12,19H,5,9-10,13H2,1-3H3. The van der Waals surface area contributed by atoms with E-state index in [2.05, 4.69) is 14.9 Å². The van der Waals surface area contributed by atoms with Crippen molar-refractivity contribution in [3.8, 4) is 23.1 Å². The normalized spacial score (nSPS) is 11.1. The lowest BCUT2D eigenvalue weighted by molar-refractivity contribution is -0.0512. The van der Waals surface area contributed by atoms with Crippen molar-refractivity contribution in [3.63, 3.8) is 0 Å². The molecule has 0 saturated carbocycles. The predicted molar refractivity (Wildman–Crippen MR) is 106 cm³/mol. The van der Waals surface area contributed by atoms with Gasteiger partial charge in [-0.15, -0.1) is 10.2 Å². The number of alkyl halides is 2. The number of ether oxygens (including phenoxy) is 3. The Bertz CT molecular complexity index is 931. The highest BCUT2D eigenvalue weighted by molar-refractivity contribution is 5.51. The van der Waals surface area contributed by atoms with Gasteiger partial charge in [-0.1, -0.05) is 6.07 Å². The van der Waals surface area contributed by atoms with E-state index in [1.807, 2.05) is 22.6 Å². The van der Waals surface area contributed by atoms with Gasteiger partial charge in [0, 0.05) is 33.9 Å². The molecule has 0 fully saturated rings. The second kappa shape index (κ2) is 10.1. The second-order valence-corrected chi connectivity index (χ2v) is 6.52. The van der Waals surface area contributed by atoms with Crippen LogP contribution in [-0.4, -0.2) is 49.3 Å². The molecule has 0 atom stereocenters. The van der Waals surface area contributed by atoms with Gasteiger partial charge in [0.15, 0.2) is 17.3 Å². The number of hydrogen-bond donors (Lipinski definition) is 0. The van der Waals surface area contributed by atoms with Crippen LogP contribution in [0.5, 0.6) is 11.5 Å². The third-order valence-corrected chi connectivity index (χ3v) is 4.41. The Morgan fingerprint density at radius 2 is 2.00 bits per heavy atom. The average Bonchev–Trinajstić information content (AvgIpc) is 3.37. The molecule has 30 heavy (non-hydrogen) atoms. The molecule has 0 aliphatic rings. The molecule has 1 aromatic carbocycles. The first-order valence-corrected chi connectivity index (χ1v) is 9.32. The maximum Gasteiger partial charge on any atom is 0.387 e. The zero-order valence-corrected chi connectivity index (χ0v) is 17.0. The van der Waals surface area contributed by atoms with E-state index in [0.29, 0.717) is 37.2 Å². The average molecular weight is 422 g/mol. The van der Waals surface area contributed by atoms with Gasteiger partial charge in [-0.25, -0.2) is 0 Å². The van der Waals surface area contributed by atoms with Crippen molar-refractivity contribution >= 4 is 5.95 Å². The monoisotopic (exact) mass is 422 g/mol. The number of hydrogen-bond acceptors (Lipinski definition) is 7. The quantitative estimate of drug-likeness (QED) is 0.435. The zero-order valence-electron chi connectivity index (χ0n) is 17.0. The first kappa shape index (κ1) is 21.6. The zero-order chi connectivity index (χ0) is 21.5. The number of halogens is 2. The molecule has 0 radical (unpaired) electrons. The fraction of sp³-hybridized carbons (Fsp3) is 0.400. The SMILES string of the molecule is COCCCn1c(-c2ccco2)nnc1N(C)Cc1ccc(OC)c(OC(F)F)c1. The summed E-state index contributed by atoms with van der Waals surface area (Å²) in [6.07, 6.45) is 2.34. The summed E-state index contributed by atoms with van der Waals surface area (Å²) in [7, 11) is 4.90. The lowest BCUT2D eigenvalue weighted by atomic mass is 10.2. The Morgan fingerprint density at radius 3 is 2.67 bits per heavy atom. The molecule has 0 bridgehead atoms. The Morgan fingerprint density at radius 1 is 1.17 bits per heavy atom. The highest BCUT2D eigenvalue weighted by atomic mass is 19.3. The smallest absolute Gasteiger partial charge is 0.387 e. The minimum absolute atomic E-state index is 0.0174. The van der Waals surface area contributed by atoms with Crippen LogP contribution in [0, 0.1) is 0 Å². The Hall–Kier alpha value is -3.14. The molecule has 0 spiro atoms. The van der Waals surface area contributed by atoms with E-state index in [1.54, 1.807) is 31.6 Å². The first-order chi connectivity index (χ1) is 14.5. The molecule has 0 aliphatic heterocycles. The highest BCUT2D eigenvalue weighted by Crippen LogP contribution is 2.31. The lowest BCUT2D eigenvalue weighted by Crippen LogP contribution is -2.21. The maximum atomic E-state index is 12.7. The van der Waals surface area contributed by atoms with Crippen molar-refractivity contribution in [2.75, 3.05) is 32.8 Å². The van der Waals surface area contributed by atoms with Gasteiger partial charge < -0.3 is 23.5 Å². The summed E-state index contributed by atoms with van der Waals surface area (Å²) in [5, 5.41) is 8.59. The number of furan rings is 1. The van der Waals surface area contributed by atoms with Gasteiger partial charge in [0.2, 0.25) is 11.8 Å². The maximum absolute atomic E-state index is 12.7. The van der Waals surface area contributed by atoms with Gasteiger partial charge in [0.1, 0.15) is 0 Å². The lowest BCUT2D eigenvalue weighted by Gasteiger charge is -2.20. The van der Waals surface area contributed by atoms with Gasteiger partial charge in [0.05, 0.1) is 13.4 Å². The summed E-state index contributed by atoms with van der Waals surface area (Å²) in [5.74, 6) is 2.05. The van der Waals surface area contributed by atoms with Crippen LogP contribution in [0.1, 0.15) is 12.0 Å². The van der Waals surface area contributed by atoms with E-state index in [4.69, 9.17) is 13.9 Å². The Balaban J connectivity index is 1.85. The van der Waals surface area contributed by atoms with E-state index < -0.39 is 6.61 Å². The first-order valence-electron chi connectivity index (χ1n) is 9.32. The summed E-state index contributed by atoms with van der Waals surface area (Å²) in [4.78, 5) is 1.88. The van der Waals surface area contributed by atoms with E-state index in [0.717, 1.165) is 12.0 Å². The minimum Gasteiger partial charge on any atom is -0.493 e. The number of methoxy groups -OCH3 is 2. The van der Waals surface area contributed by atoms with Crippen LogP contribution in [0.3, 0.4) is 0 Å². The van der Waals surface area contributed by atoms with E-state index in [-0.39, 0.29) is 11.5 Å². The van der Waals surface area contributed by atoms with Crippen LogP contribution in [0.2, 0.25) is 0 Å². The van der Waals surface area contributed by atoms with Crippen molar-refractivity contribution in [3.05, 3.63) is 42.2 Å². The minimum atomic E-state index is -2.94. The van der Waals surface area contributed by atoms with Crippen LogP contribution in [0.15, 0.2) is 41.0 Å². The van der Waals surface area contributed by atoms with Crippen molar-refractivity contribution in [1.29, 1.82) is 0 Å². The van der Waals surface area contributed by atoms with E-state index in [9.17, 15) is 8.78 Å². The molecule has 0 amide bonds. The van der Waals surface area contributed by atoms with Gasteiger partial charge in [0.25, 0.3) is 0 Å². The van der Waals surface area contributed by atoms with Gasteiger partial charge in [-0.05, 0) is 36.2 Å². The number of benzene rings is 1. The molecule has 2 heterocycles. The summed E-state index contributed by atoms with van der Waals surface area (Å²) in [6.45, 7) is -1.33. The van der Waals surface area contributed by atoms with Gasteiger partial charge >= 0.3 is 6.61 Å². The summed E-state index contributed by atoms with van der Waals surface area (Å²) >= 11 is 0. The molecule has 2 aromatic heterocycles. The third kappa shape index (κ3) is 5.07. The van der Waals surface area contributed by atoms with E-state index >= 15 is 0 Å². The van der Waals surface area contributed by atoms with Crippen molar-refractivity contribution in [1.82, 2.24) is 14.8 Å². The molecule has 10 heteroatoms. The second-order valence-electron chi connectivity index (χ2n) is 6.52. The molecule has 3 aromatic rings. The molecule has 0 saturated heterocycles. The van der Waals surface area contributed by atoms with Crippen LogP contribution < -0.4 is 14.4 Å². The van der Waals surface area contributed by atoms with Crippen molar-refractivity contribution < 1.29 is 27.4 Å². The molecular formula is C20H24F2N4O4. The van der Waals surface area contributed by atoms with Gasteiger partial charge in [-0.3, -0.25) is 4.57 Å². The molecule has 8 nitrogen and oxygen atoms in total. The molecular weight excluding hydrogens is 398 g/mol.